The Morgan fingerprint density at radius 2 is 2.21 bits per heavy atom. The van der Waals surface area contributed by atoms with E-state index in [1.54, 1.807) is 11.3 Å². The van der Waals surface area contributed by atoms with Crippen LogP contribution >= 0.6 is 11.3 Å². The minimum Gasteiger partial charge on any atom is -0.355 e. The number of rotatable bonds is 4. The molecule has 0 aromatic carbocycles. The molecule has 4 nitrogen and oxygen atoms in total. The molecule has 0 spiro atoms. The normalized spacial score (nSPS) is 10.6. The zero-order chi connectivity index (χ0) is 10.6. The number of aryl methyl sites for hydroxylation is 1. The number of hydrogen-bond donors (Lipinski definition) is 1. The van der Waals surface area contributed by atoms with Crippen molar-refractivity contribution in [2.45, 2.75) is 27.2 Å². The van der Waals surface area contributed by atoms with Gasteiger partial charge in [-0.25, -0.2) is 0 Å². The number of nitrogens with one attached hydrogen (secondary N) is 1. The lowest BCUT2D eigenvalue weighted by Crippen LogP contribution is -2.29. The zero-order valence-electron chi connectivity index (χ0n) is 8.70. The SMILES string of the molecule is Cc1nnc(CCNC(=O)C(C)C)s1. The van der Waals surface area contributed by atoms with Crippen LogP contribution in [0.15, 0.2) is 0 Å². The predicted octanol–water partition coefficient (Wildman–Crippen LogP) is 1.16. The van der Waals surface area contributed by atoms with E-state index in [-0.39, 0.29) is 11.8 Å². The lowest BCUT2D eigenvalue weighted by atomic mass is 10.2. The highest BCUT2D eigenvalue weighted by molar-refractivity contribution is 7.11. The highest BCUT2D eigenvalue weighted by atomic mass is 32.1. The van der Waals surface area contributed by atoms with Crippen LogP contribution in [0.3, 0.4) is 0 Å². The average molecular weight is 213 g/mol. The molecule has 78 valence electrons. The molecule has 1 amide bonds. The van der Waals surface area contributed by atoms with Crippen LogP contribution < -0.4 is 5.32 Å². The molecule has 1 aromatic rings. The summed E-state index contributed by atoms with van der Waals surface area (Å²) >= 11 is 1.57. The van der Waals surface area contributed by atoms with Gasteiger partial charge in [0, 0.05) is 18.9 Å². The van der Waals surface area contributed by atoms with Crippen LogP contribution in [0.1, 0.15) is 23.9 Å². The van der Waals surface area contributed by atoms with Gasteiger partial charge in [0.1, 0.15) is 10.0 Å². The standard InChI is InChI=1S/C9H15N3OS/c1-6(2)9(13)10-5-4-8-12-11-7(3)14-8/h6H,4-5H2,1-3H3,(H,10,13). The molecule has 0 aliphatic carbocycles. The molecule has 1 N–H and O–H groups in total. The van der Waals surface area contributed by atoms with Crippen molar-refractivity contribution in [3.05, 3.63) is 10.0 Å². The maximum absolute atomic E-state index is 11.2. The molecule has 0 saturated heterocycles. The molecule has 5 heteroatoms. The van der Waals surface area contributed by atoms with E-state index in [4.69, 9.17) is 0 Å². The Balaban J connectivity index is 2.25. The van der Waals surface area contributed by atoms with Gasteiger partial charge in [0.2, 0.25) is 5.91 Å². The van der Waals surface area contributed by atoms with Gasteiger partial charge in [-0.1, -0.05) is 13.8 Å². The van der Waals surface area contributed by atoms with Crippen LogP contribution in [0, 0.1) is 12.8 Å². The van der Waals surface area contributed by atoms with Crippen LogP contribution in [-0.2, 0) is 11.2 Å². The number of aromatic nitrogens is 2. The first-order valence-electron chi connectivity index (χ1n) is 4.66. The average Bonchev–Trinajstić information content (AvgIpc) is 2.51. The number of amides is 1. The van der Waals surface area contributed by atoms with Crippen LogP contribution in [0.5, 0.6) is 0 Å². The largest absolute Gasteiger partial charge is 0.355 e. The first-order chi connectivity index (χ1) is 6.59. The van der Waals surface area contributed by atoms with Crippen molar-refractivity contribution in [3.8, 4) is 0 Å². The Bertz CT molecular complexity index is 309. The van der Waals surface area contributed by atoms with E-state index in [0.29, 0.717) is 6.54 Å². The lowest BCUT2D eigenvalue weighted by Gasteiger charge is -2.05. The Hall–Kier alpha value is -0.970. The second kappa shape index (κ2) is 5.05. The van der Waals surface area contributed by atoms with E-state index in [1.165, 1.54) is 0 Å². The predicted molar refractivity (Wildman–Crippen MR) is 56.2 cm³/mol. The van der Waals surface area contributed by atoms with Crippen molar-refractivity contribution in [2.24, 2.45) is 5.92 Å². The third-order valence-corrected chi connectivity index (χ3v) is 2.63. The van der Waals surface area contributed by atoms with Gasteiger partial charge in [-0.15, -0.1) is 21.5 Å². The van der Waals surface area contributed by atoms with Crippen molar-refractivity contribution in [1.29, 1.82) is 0 Å². The van der Waals surface area contributed by atoms with Crippen molar-refractivity contribution >= 4 is 17.2 Å². The Labute approximate surface area is 87.7 Å². The molecule has 0 bridgehead atoms. The third kappa shape index (κ3) is 3.41. The van der Waals surface area contributed by atoms with Crippen molar-refractivity contribution in [2.75, 3.05) is 6.54 Å². The van der Waals surface area contributed by atoms with E-state index >= 15 is 0 Å². The highest BCUT2D eigenvalue weighted by Crippen LogP contribution is 2.07. The van der Waals surface area contributed by atoms with E-state index in [2.05, 4.69) is 15.5 Å². The Morgan fingerprint density at radius 1 is 1.50 bits per heavy atom. The maximum Gasteiger partial charge on any atom is 0.222 e. The van der Waals surface area contributed by atoms with Gasteiger partial charge in [-0.2, -0.15) is 0 Å². The summed E-state index contributed by atoms with van der Waals surface area (Å²) in [4.78, 5) is 11.2. The molecule has 1 aromatic heterocycles. The summed E-state index contributed by atoms with van der Waals surface area (Å²) in [6.07, 6.45) is 0.768. The van der Waals surface area contributed by atoms with Gasteiger partial charge in [0.05, 0.1) is 0 Å². The summed E-state index contributed by atoms with van der Waals surface area (Å²) in [5, 5.41) is 12.7. The van der Waals surface area contributed by atoms with Gasteiger partial charge in [0.15, 0.2) is 0 Å². The molecule has 1 heterocycles. The topological polar surface area (TPSA) is 54.9 Å². The van der Waals surface area contributed by atoms with Gasteiger partial charge in [-0.3, -0.25) is 4.79 Å². The molecule has 0 atom stereocenters. The fraction of sp³-hybridized carbons (Fsp3) is 0.667. The van der Waals surface area contributed by atoms with E-state index in [9.17, 15) is 4.79 Å². The van der Waals surface area contributed by atoms with Gasteiger partial charge in [-0.05, 0) is 6.92 Å². The molecule has 0 unspecified atom stereocenters. The van der Waals surface area contributed by atoms with Crippen LogP contribution in [0.2, 0.25) is 0 Å². The maximum atomic E-state index is 11.2. The summed E-state index contributed by atoms with van der Waals surface area (Å²) in [7, 11) is 0. The van der Waals surface area contributed by atoms with Crippen LogP contribution in [0.4, 0.5) is 0 Å². The number of hydrogen-bond acceptors (Lipinski definition) is 4. The molecular formula is C9H15N3OS. The van der Waals surface area contributed by atoms with Gasteiger partial charge >= 0.3 is 0 Å². The molecule has 0 fully saturated rings. The first kappa shape index (κ1) is 11.1. The van der Waals surface area contributed by atoms with Crippen LogP contribution in [0.25, 0.3) is 0 Å². The summed E-state index contributed by atoms with van der Waals surface area (Å²) in [5.74, 6) is 0.136. The fourth-order valence-corrected chi connectivity index (χ4v) is 1.64. The lowest BCUT2D eigenvalue weighted by molar-refractivity contribution is -0.123. The molecule has 14 heavy (non-hydrogen) atoms. The molecular weight excluding hydrogens is 198 g/mol. The van der Waals surface area contributed by atoms with Crippen molar-refractivity contribution in [1.82, 2.24) is 15.5 Å². The molecule has 0 aliphatic heterocycles. The minimum atomic E-state index is 0.0474. The Morgan fingerprint density at radius 3 is 2.71 bits per heavy atom. The summed E-state index contributed by atoms with van der Waals surface area (Å²) in [5.41, 5.74) is 0. The summed E-state index contributed by atoms with van der Waals surface area (Å²) in [6, 6.07) is 0. The monoisotopic (exact) mass is 213 g/mol. The first-order valence-corrected chi connectivity index (χ1v) is 5.48. The quantitative estimate of drug-likeness (QED) is 0.816. The van der Waals surface area contributed by atoms with Crippen molar-refractivity contribution in [3.63, 3.8) is 0 Å². The number of nitrogens with zero attached hydrogens (tertiary/aromatic N) is 2. The second-order valence-corrected chi connectivity index (χ2v) is 4.68. The highest BCUT2D eigenvalue weighted by Gasteiger charge is 2.06. The molecule has 0 saturated carbocycles. The number of carbonyl (C=O) groups is 1. The summed E-state index contributed by atoms with van der Waals surface area (Å²) in [6.45, 7) is 6.33. The number of carbonyl (C=O) groups excluding carboxylic acids is 1. The summed E-state index contributed by atoms with van der Waals surface area (Å²) < 4.78 is 0. The third-order valence-electron chi connectivity index (χ3n) is 1.73. The van der Waals surface area contributed by atoms with Gasteiger partial charge in [0.25, 0.3) is 0 Å². The second-order valence-electron chi connectivity index (χ2n) is 3.41. The molecule has 1 rings (SSSR count). The minimum absolute atomic E-state index is 0.0474. The van der Waals surface area contributed by atoms with Gasteiger partial charge < -0.3 is 5.32 Å². The van der Waals surface area contributed by atoms with Crippen LogP contribution in [-0.4, -0.2) is 22.6 Å². The fourth-order valence-electron chi connectivity index (χ4n) is 0.935. The van der Waals surface area contributed by atoms with E-state index in [0.717, 1.165) is 16.4 Å². The zero-order valence-corrected chi connectivity index (χ0v) is 9.52. The smallest absolute Gasteiger partial charge is 0.222 e. The molecule has 0 aliphatic rings. The molecule has 0 radical (unpaired) electrons. The van der Waals surface area contributed by atoms with E-state index in [1.807, 2.05) is 20.8 Å². The van der Waals surface area contributed by atoms with Crippen molar-refractivity contribution < 1.29 is 4.79 Å². The Kier molecular flexibility index (Phi) is 4.00. The van der Waals surface area contributed by atoms with E-state index < -0.39 is 0 Å².